The molecule has 0 aromatic heterocycles. The lowest BCUT2D eigenvalue weighted by atomic mass is 10.2. The third-order valence-corrected chi connectivity index (χ3v) is 4.31. The van der Waals surface area contributed by atoms with Gasteiger partial charge in [-0.1, -0.05) is 43.1 Å². The van der Waals surface area contributed by atoms with Crippen LogP contribution in [-0.4, -0.2) is 16.9 Å². The first-order chi connectivity index (χ1) is 13.2. The Hall–Kier alpha value is -2.41. The smallest absolute Gasteiger partial charge is 0.250 e. The van der Waals surface area contributed by atoms with Gasteiger partial charge in [-0.05, 0) is 60.3 Å². The molecule has 5 nitrogen and oxygen atoms in total. The normalized spacial score (nSPS) is 10.8. The third kappa shape index (κ3) is 6.96. The van der Waals surface area contributed by atoms with Crippen LogP contribution in [0, 0.1) is 5.92 Å². The maximum atomic E-state index is 12.0. The number of amides is 2. The minimum atomic E-state index is -0.399. The van der Waals surface area contributed by atoms with E-state index in [1.54, 1.807) is 48.5 Å². The van der Waals surface area contributed by atoms with Gasteiger partial charge in [-0.2, -0.15) is 0 Å². The van der Waals surface area contributed by atoms with Gasteiger partial charge in [-0.25, -0.2) is 0 Å². The van der Waals surface area contributed by atoms with E-state index in [9.17, 15) is 9.59 Å². The summed E-state index contributed by atoms with van der Waals surface area (Å²) in [7, 11) is 0. The molecule has 0 saturated carbocycles. The fourth-order valence-corrected chi connectivity index (χ4v) is 2.73. The van der Waals surface area contributed by atoms with E-state index >= 15 is 0 Å². The molecule has 28 heavy (non-hydrogen) atoms. The first kappa shape index (κ1) is 21.9. The second-order valence-electron chi connectivity index (χ2n) is 6.16. The van der Waals surface area contributed by atoms with E-state index in [-0.39, 0.29) is 16.9 Å². The molecule has 0 atom stereocenters. The predicted octanol–water partition coefficient (Wildman–Crippen LogP) is 5.11. The zero-order chi connectivity index (χ0) is 20.7. The van der Waals surface area contributed by atoms with Crippen molar-refractivity contribution in [2.45, 2.75) is 13.8 Å². The largest absolute Gasteiger partial charge is 0.332 e. The summed E-state index contributed by atoms with van der Waals surface area (Å²) >= 11 is 17.0. The van der Waals surface area contributed by atoms with Gasteiger partial charge in [0.05, 0.1) is 0 Å². The number of rotatable bonds is 5. The Labute approximate surface area is 179 Å². The summed E-state index contributed by atoms with van der Waals surface area (Å²) < 4.78 is 0. The summed E-state index contributed by atoms with van der Waals surface area (Å²) in [4.78, 5) is 23.7. The monoisotopic (exact) mass is 435 g/mol. The molecule has 0 unspecified atom stereocenters. The summed E-state index contributed by atoms with van der Waals surface area (Å²) in [6.45, 7) is 3.64. The Balaban J connectivity index is 1.88. The minimum Gasteiger partial charge on any atom is -0.332 e. The van der Waals surface area contributed by atoms with Crippen molar-refractivity contribution in [2.75, 3.05) is 10.6 Å². The van der Waals surface area contributed by atoms with Gasteiger partial charge in [-0.3, -0.25) is 14.9 Å². The van der Waals surface area contributed by atoms with Crippen molar-refractivity contribution in [2.24, 2.45) is 5.92 Å². The molecule has 0 radical (unpaired) electrons. The average Bonchev–Trinajstić information content (AvgIpc) is 2.62. The lowest BCUT2D eigenvalue weighted by Crippen LogP contribution is -2.32. The van der Waals surface area contributed by atoms with Gasteiger partial charge in [-0.15, -0.1) is 0 Å². The van der Waals surface area contributed by atoms with Crippen molar-refractivity contribution in [3.63, 3.8) is 0 Å². The van der Waals surface area contributed by atoms with Gasteiger partial charge in [0.15, 0.2) is 5.11 Å². The molecule has 0 aliphatic heterocycles. The van der Waals surface area contributed by atoms with Crippen LogP contribution < -0.4 is 16.0 Å². The minimum absolute atomic E-state index is 0.0592. The first-order valence-corrected chi connectivity index (χ1v) is 9.57. The van der Waals surface area contributed by atoms with Gasteiger partial charge in [0.25, 0.3) is 0 Å². The molecule has 0 aliphatic rings. The zero-order valence-electron chi connectivity index (χ0n) is 15.3. The van der Waals surface area contributed by atoms with Crippen molar-refractivity contribution in [3.05, 3.63) is 64.1 Å². The Morgan fingerprint density at radius 1 is 1.00 bits per heavy atom. The molecule has 146 valence electrons. The highest BCUT2D eigenvalue weighted by Gasteiger charge is 2.07. The lowest BCUT2D eigenvalue weighted by Gasteiger charge is -2.10. The van der Waals surface area contributed by atoms with Gasteiger partial charge in [0.2, 0.25) is 11.8 Å². The molecule has 2 rings (SSSR count). The average molecular weight is 436 g/mol. The van der Waals surface area contributed by atoms with Crippen molar-refractivity contribution in [3.8, 4) is 0 Å². The van der Waals surface area contributed by atoms with Gasteiger partial charge < -0.3 is 10.6 Å². The van der Waals surface area contributed by atoms with E-state index in [1.807, 2.05) is 13.8 Å². The van der Waals surface area contributed by atoms with Gasteiger partial charge in [0.1, 0.15) is 0 Å². The fraction of sp³-hybridized carbons (Fsp3) is 0.150. The Bertz CT molecular complexity index is 912. The molecule has 3 N–H and O–H groups in total. The van der Waals surface area contributed by atoms with Gasteiger partial charge in [0, 0.05) is 33.4 Å². The Kier molecular flexibility index (Phi) is 7.99. The van der Waals surface area contributed by atoms with Crippen molar-refractivity contribution < 1.29 is 9.59 Å². The molecular weight excluding hydrogens is 417 g/mol. The SMILES string of the molecule is CC(C)C(=O)Nc1ccc(NC(=S)NC(=O)/C=C/c2ccc(Cl)cc2Cl)cc1. The van der Waals surface area contributed by atoms with E-state index in [0.717, 1.165) is 0 Å². The molecule has 2 aromatic rings. The van der Waals surface area contributed by atoms with Crippen LogP contribution in [0.15, 0.2) is 48.5 Å². The Morgan fingerprint density at radius 3 is 2.18 bits per heavy atom. The summed E-state index contributed by atoms with van der Waals surface area (Å²) in [5.41, 5.74) is 2.03. The number of benzene rings is 2. The first-order valence-electron chi connectivity index (χ1n) is 8.40. The number of hydrogen-bond acceptors (Lipinski definition) is 3. The van der Waals surface area contributed by atoms with Crippen molar-refractivity contribution in [1.82, 2.24) is 5.32 Å². The Morgan fingerprint density at radius 2 is 1.61 bits per heavy atom. The molecule has 0 fully saturated rings. The molecule has 8 heteroatoms. The van der Waals surface area contributed by atoms with E-state index in [4.69, 9.17) is 35.4 Å². The van der Waals surface area contributed by atoms with E-state index in [1.165, 1.54) is 6.08 Å². The molecular formula is C20H19Cl2N3O2S. The van der Waals surface area contributed by atoms with Crippen LogP contribution in [0.5, 0.6) is 0 Å². The molecule has 0 spiro atoms. The second kappa shape index (κ2) is 10.2. The molecule has 2 aromatic carbocycles. The molecule has 0 aliphatic carbocycles. The summed E-state index contributed by atoms with van der Waals surface area (Å²) in [6, 6.07) is 12.0. The summed E-state index contributed by atoms with van der Waals surface area (Å²) in [5.74, 6) is -0.559. The topological polar surface area (TPSA) is 70.2 Å². The number of hydrogen-bond donors (Lipinski definition) is 3. The highest BCUT2D eigenvalue weighted by molar-refractivity contribution is 7.80. The standard InChI is InChI=1S/C20H19Cl2N3O2S/c1-12(2)19(27)23-15-6-8-16(9-7-15)24-20(28)25-18(26)10-4-13-3-5-14(21)11-17(13)22/h3-12H,1-2H3,(H,23,27)(H2,24,25,26,28)/b10-4+. The summed E-state index contributed by atoms with van der Waals surface area (Å²) in [5, 5.41) is 9.36. The predicted molar refractivity (Wildman–Crippen MR) is 120 cm³/mol. The van der Waals surface area contributed by atoms with Crippen LogP contribution in [0.4, 0.5) is 11.4 Å². The zero-order valence-corrected chi connectivity index (χ0v) is 17.6. The van der Waals surface area contributed by atoms with Crippen LogP contribution in [0.2, 0.25) is 10.0 Å². The quantitative estimate of drug-likeness (QED) is 0.450. The van der Waals surface area contributed by atoms with Crippen LogP contribution in [0.25, 0.3) is 6.08 Å². The molecule has 0 heterocycles. The fourth-order valence-electron chi connectivity index (χ4n) is 2.04. The maximum absolute atomic E-state index is 12.0. The number of carbonyl (C=O) groups is 2. The van der Waals surface area contributed by atoms with E-state index < -0.39 is 5.91 Å². The maximum Gasteiger partial charge on any atom is 0.250 e. The van der Waals surface area contributed by atoms with Crippen LogP contribution in [0.1, 0.15) is 19.4 Å². The van der Waals surface area contributed by atoms with Crippen LogP contribution in [0.3, 0.4) is 0 Å². The van der Waals surface area contributed by atoms with E-state index in [2.05, 4.69) is 16.0 Å². The second-order valence-corrected chi connectivity index (χ2v) is 7.42. The molecule has 2 amide bonds. The molecule has 0 bridgehead atoms. The number of carbonyl (C=O) groups excluding carboxylic acids is 2. The van der Waals surface area contributed by atoms with Crippen molar-refractivity contribution in [1.29, 1.82) is 0 Å². The summed E-state index contributed by atoms with van der Waals surface area (Å²) in [6.07, 6.45) is 2.90. The highest BCUT2D eigenvalue weighted by atomic mass is 35.5. The number of anilines is 2. The number of nitrogens with one attached hydrogen (secondary N) is 3. The van der Waals surface area contributed by atoms with Crippen LogP contribution in [-0.2, 0) is 9.59 Å². The van der Waals surface area contributed by atoms with Crippen molar-refractivity contribution >= 4 is 69.8 Å². The number of halogens is 2. The highest BCUT2D eigenvalue weighted by Crippen LogP contribution is 2.22. The van der Waals surface area contributed by atoms with E-state index in [0.29, 0.717) is 27.0 Å². The number of thiocarbonyl (C=S) groups is 1. The van der Waals surface area contributed by atoms with Crippen LogP contribution >= 0.6 is 35.4 Å². The third-order valence-electron chi connectivity index (χ3n) is 3.55. The lowest BCUT2D eigenvalue weighted by molar-refractivity contribution is -0.119. The van der Waals surface area contributed by atoms with Gasteiger partial charge >= 0.3 is 0 Å². The molecule has 0 saturated heterocycles.